The van der Waals surface area contributed by atoms with Crippen LogP contribution in [0.5, 0.6) is 0 Å². The van der Waals surface area contributed by atoms with E-state index in [0.717, 1.165) is 16.5 Å². The van der Waals surface area contributed by atoms with Crippen molar-refractivity contribution in [3.8, 4) is 0 Å². The number of benzene rings is 2. The van der Waals surface area contributed by atoms with Crippen LogP contribution in [0.1, 0.15) is 15.9 Å². The molecular formula is C19H16Cl2N2O3. The Labute approximate surface area is 160 Å². The van der Waals surface area contributed by atoms with Crippen LogP contribution in [-0.4, -0.2) is 30.0 Å². The normalized spacial score (nSPS) is 10.7. The number of fused-ring (bicyclic) bond motifs is 1. The average molecular weight is 391 g/mol. The minimum Gasteiger partial charge on any atom is -0.452 e. The van der Waals surface area contributed by atoms with Gasteiger partial charge in [-0.1, -0.05) is 41.4 Å². The number of H-pyrrole nitrogens is 1. The van der Waals surface area contributed by atoms with Crippen molar-refractivity contribution in [3.05, 3.63) is 69.8 Å². The van der Waals surface area contributed by atoms with Crippen LogP contribution in [0.15, 0.2) is 48.7 Å². The third-order valence-electron chi connectivity index (χ3n) is 3.82. The summed E-state index contributed by atoms with van der Waals surface area (Å²) in [6.45, 7) is 0.0814. The van der Waals surface area contributed by atoms with Gasteiger partial charge in [-0.2, -0.15) is 0 Å². The Bertz CT molecular complexity index is 933. The Morgan fingerprint density at radius 1 is 1.08 bits per heavy atom. The van der Waals surface area contributed by atoms with Crippen LogP contribution in [0, 0.1) is 0 Å². The van der Waals surface area contributed by atoms with E-state index in [1.54, 1.807) is 0 Å². The molecule has 1 heterocycles. The molecule has 0 bridgehead atoms. The predicted octanol–water partition coefficient (Wildman–Crippen LogP) is 3.99. The van der Waals surface area contributed by atoms with E-state index >= 15 is 0 Å². The lowest BCUT2D eigenvalue weighted by molar-refractivity contribution is -0.124. The molecule has 0 aliphatic rings. The Balaban J connectivity index is 1.46. The van der Waals surface area contributed by atoms with Gasteiger partial charge in [0.15, 0.2) is 6.61 Å². The van der Waals surface area contributed by atoms with Crippen LogP contribution < -0.4 is 5.32 Å². The smallest absolute Gasteiger partial charge is 0.338 e. The molecule has 0 spiro atoms. The molecule has 3 aromatic rings. The summed E-state index contributed by atoms with van der Waals surface area (Å²) in [6, 6.07) is 12.3. The molecule has 0 fully saturated rings. The first-order chi connectivity index (χ1) is 12.5. The molecule has 0 aliphatic carbocycles. The fraction of sp³-hybridized carbons (Fsp3) is 0.158. The predicted molar refractivity (Wildman–Crippen MR) is 102 cm³/mol. The maximum absolute atomic E-state index is 11.9. The molecule has 0 aliphatic heterocycles. The van der Waals surface area contributed by atoms with Crippen molar-refractivity contribution in [2.75, 3.05) is 13.2 Å². The van der Waals surface area contributed by atoms with Gasteiger partial charge in [0.05, 0.1) is 5.56 Å². The first-order valence-corrected chi connectivity index (χ1v) is 8.73. The van der Waals surface area contributed by atoms with Crippen molar-refractivity contribution in [2.45, 2.75) is 6.42 Å². The highest BCUT2D eigenvalue weighted by molar-refractivity contribution is 6.35. The maximum atomic E-state index is 11.9. The number of amides is 1. The highest BCUT2D eigenvalue weighted by Crippen LogP contribution is 2.20. The van der Waals surface area contributed by atoms with E-state index in [1.165, 1.54) is 18.2 Å². The number of hydrogen-bond donors (Lipinski definition) is 2. The van der Waals surface area contributed by atoms with Crippen molar-refractivity contribution in [3.63, 3.8) is 0 Å². The van der Waals surface area contributed by atoms with Gasteiger partial charge >= 0.3 is 5.97 Å². The number of hydrogen-bond acceptors (Lipinski definition) is 3. The highest BCUT2D eigenvalue weighted by Gasteiger charge is 2.12. The molecule has 2 aromatic carbocycles. The molecule has 3 rings (SSSR count). The first kappa shape index (κ1) is 18.3. The van der Waals surface area contributed by atoms with E-state index in [2.05, 4.69) is 10.3 Å². The third kappa shape index (κ3) is 4.56. The molecule has 0 unspecified atom stereocenters. The molecule has 1 aromatic heterocycles. The number of ether oxygens (including phenoxy) is 1. The van der Waals surface area contributed by atoms with Crippen LogP contribution in [0.3, 0.4) is 0 Å². The number of carbonyl (C=O) groups is 2. The average Bonchev–Trinajstić information content (AvgIpc) is 3.02. The molecule has 0 saturated heterocycles. The van der Waals surface area contributed by atoms with Gasteiger partial charge in [-0.05, 0) is 36.2 Å². The second kappa shape index (κ2) is 8.25. The summed E-state index contributed by atoms with van der Waals surface area (Å²) < 4.78 is 4.98. The van der Waals surface area contributed by atoms with E-state index in [4.69, 9.17) is 27.9 Å². The Morgan fingerprint density at radius 2 is 1.81 bits per heavy atom. The molecule has 0 radical (unpaired) electrons. The van der Waals surface area contributed by atoms with Crippen LogP contribution >= 0.6 is 23.2 Å². The summed E-state index contributed by atoms with van der Waals surface area (Å²) in [5.74, 6) is -1.02. The standard InChI is InChI=1S/C19H16Cl2N2O3/c20-14-7-13(8-15(21)9-14)19(25)26-11-18(24)22-6-5-12-10-23-17-4-2-1-3-16(12)17/h1-4,7-10,23H,5-6,11H2,(H,22,24). The van der Waals surface area contributed by atoms with Crippen molar-refractivity contribution >= 4 is 46.0 Å². The Hall–Kier alpha value is -2.50. The number of nitrogens with one attached hydrogen (secondary N) is 2. The largest absolute Gasteiger partial charge is 0.452 e. The maximum Gasteiger partial charge on any atom is 0.338 e. The van der Waals surface area contributed by atoms with Gasteiger partial charge in [0, 0.05) is 33.7 Å². The summed E-state index contributed by atoms with van der Waals surface area (Å²) in [5.41, 5.74) is 2.38. The lowest BCUT2D eigenvalue weighted by Crippen LogP contribution is -2.30. The number of para-hydroxylation sites is 1. The zero-order chi connectivity index (χ0) is 18.5. The SMILES string of the molecule is O=C(COC(=O)c1cc(Cl)cc(Cl)c1)NCCc1c[nH]c2ccccc12. The van der Waals surface area contributed by atoms with Gasteiger partial charge in [-0.15, -0.1) is 0 Å². The Morgan fingerprint density at radius 3 is 2.58 bits per heavy atom. The summed E-state index contributed by atoms with van der Waals surface area (Å²) in [5, 5.41) is 4.52. The molecule has 26 heavy (non-hydrogen) atoms. The number of halogens is 2. The molecular weight excluding hydrogens is 375 g/mol. The van der Waals surface area contributed by atoms with Gasteiger partial charge in [-0.3, -0.25) is 4.79 Å². The summed E-state index contributed by atoms with van der Waals surface area (Å²) in [7, 11) is 0. The van der Waals surface area contributed by atoms with Crippen molar-refractivity contribution in [1.29, 1.82) is 0 Å². The zero-order valence-corrected chi connectivity index (χ0v) is 15.2. The minimum absolute atomic E-state index is 0.203. The van der Waals surface area contributed by atoms with Crippen LogP contribution in [0.25, 0.3) is 10.9 Å². The van der Waals surface area contributed by atoms with Gasteiger partial charge in [-0.25, -0.2) is 4.79 Å². The molecule has 5 nitrogen and oxygen atoms in total. The molecule has 7 heteroatoms. The molecule has 1 amide bonds. The zero-order valence-electron chi connectivity index (χ0n) is 13.7. The second-order valence-corrected chi connectivity index (χ2v) is 6.57. The van der Waals surface area contributed by atoms with Crippen LogP contribution in [0.4, 0.5) is 0 Å². The highest BCUT2D eigenvalue weighted by atomic mass is 35.5. The monoisotopic (exact) mass is 390 g/mol. The van der Waals surface area contributed by atoms with Gasteiger partial charge in [0.1, 0.15) is 0 Å². The number of aromatic amines is 1. The van der Waals surface area contributed by atoms with E-state index in [0.29, 0.717) is 23.0 Å². The summed E-state index contributed by atoms with van der Waals surface area (Å²) >= 11 is 11.7. The lowest BCUT2D eigenvalue weighted by atomic mass is 10.1. The quantitative estimate of drug-likeness (QED) is 0.625. The summed E-state index contributed by atoms with van der Waals surface area (Å²) in [6.07, 6.45) is 2.60. The van der Waals surface area contributed by atoms with Crippen LogP contribution in [0.2, 0.25) is 10.0 Å². The summed E-state index contributed by atoms with van der Waals surface area (Å²) in [4.78, 5) is 27.0. The minimum atomic E-state index is -0.652. The van der Waals surface area contributed by atoms with Crippen molar-refractivity contribution in [2.24, 2.45) is 0 Å². The van der Waals surface area contributed by atoms with Crippen molar-refractivity contribution < 1.29 is 14.3 Å². The van der Waals surface area contributed by atoms with Crippen LogP contribution in [-0.2, 0) is 16.0 Å². The van der Waals surface area contributed by atoms with E-state index in [1.807, 2.05) is 30.5 Å². The van der Waals surface area contributed by atoms with Crippen molar-refractivity contribution in [1.82, 2.24) is 10.3 Å². The van der Waals surface area contributed by atoms with Gasteiger partial charge in [0.25, 0.3) is 5.91 Å². The molecule has 0 atom stereocenters. The molecule has 2 N–H and O–H groups in total. The number of aromatic nitrogens is 1. The van der Waals surface area contributed by atoms with E-state index < -0.39 is 5.97 Å². The van der Waals surface area contributed by atoms with Gasteiger partial charge < -0.3 is 15.0 Å². The third-order valence-corrected chi connectivity index (χ3v) is 4.26. The molecule has 0 saturated carbocycles. The fourth-order valence-corrected chi connectivity index (χ4v) is 3.14. The lowest BCUT2D eigenvalue weighted by Gasteiger charge is -2.07. The topological polar surface area (TPSA) is 71.2 Å². The number of esters is 1. The number of carbonyl (C=O) groups excluding carboxylic acids is 2. The fourth-order valence-electron chi connectivity index (χ4n) is 2.61. The van der Waals surface area contributed by atoms with E-state index in [-0.39, 0.29) is 18.1 Å². The second-order valence-electron chi connectivity index (χ2n) is 5.69. The van der Waals surface area contributed by atoms with E-state index in [9.17, 15) is 9.59 Å². The molecule has 134 valence electrons. The van der Waals surface area contributed by atoms with Gasteiger partial charge in [0.2, 0.25) is 0 Å². The number of rotatable bonds is 6. The Kier molecular flexibility index (Phi) is 5.81. The first-order valence-electron chi connectivity index (χ1n) is 7.98.